The number of rotatable bonds is 6. The van der Waals surface area contributed by atoms with Crippen LogP contribution in [0.15, 0.2) is 30.3 Å². The molecule has 1 amide bonds. The van der Waals surface area contributed by atoms with E-state index >= 15 is 0 Å². The molecule has 2 rings (SSSR count). The Bertz CT molecular complexity index is 431. The number of carbonyl (C=O) groups excluding carboxylic acids is 1. The zero-order valence-corrected chi connectivity index (χ0v) is 14.9. The number of amides is 1. The van der Waals surface area contributed by atoms with Gasteiger partial charge in [-0.2, -0.15) is 0 Å². The molecule has 0 bridgehead atoms. The zero-order valence-electron chi connectivity index (χ0n) is 13.2. The van der Waals surface area contributed by atoms with Crippen LogP contribution in [0.4, 0.5) is 5.69 Å². The summed E-state index contributed by atoms with van der Waals surface area (Å²) in [4.78, 5) is 14.3. The normalized spacial score (nSPS) is 18.1. The molecule has 0 aromatic heterocycles. The predicted molar refractivity (Wildman–Crippen MR) is 97.4 cm³/mol. The number of anilines is 1. The van der Waals surface area contributed by atoms with Crippen molar-refractivity contribution in [2.24, 2.45) is 11.8 Å². The fourth-order valence-electron chi connectivity index (χ4n) is 2.69. The third-order valence-corrected chi connectivity index (χ3v) is 3.93. The SMILES string of the molecule is CNCC(C)C(=O)NCC1CCN(c2ccccc2)C1.Cl.Cl. The summed E-state index contributed by atoms with van der Waals surface area (Å²) in [6, 6.07) is 10.5. The van der Waals surface area contributed by atoms with Crippen LogP contribution in [-0.2, 0) is 4.79 Å². The Morgan fingerprint density at radius 3 is 2.64 bits per heavy atom. The number of halogens is 2. The number of nitrogens with zero attached hydrogens (tertiary/aromatic N) is 1. The van der Waals surface area contributed by atoms with Crippen molar-refractivity contribution in [3.8, 4) is 0 Å². The summed E-state index contributed by atoms with van der Waals surface area (Å²) in [6.45, 7) is 5.58. The number of hydrogen-bond acceptors (Lipinski definition) is 3. The Morgan fingerprint density at radius 2 is 2.00 bits per heavy atom. The van der Waals surface area contributed by atoms with E-state index in [2.05, 4.69) is 39.8 Å². The maximum Gasteiger partial charge on any atom is 0.224 e. The van der Waals surface area contributed by atoms with Crippen molar-refractivity contribution in [3.05, 3.63) is 30.3 Å². The molecule has 1 saturated heterocycles. The van der Waals surface area contributed by atoms with Crippen LogP contribution in [0, 0.1) is 11.8 Å². The summed E-state index contributed by atoms with van der Waals surface area (Å²) in [7, 11) is 1.87. The zero-order chi connectivity index (χ0) is 14.4. The van der Waals surface area contributed by atoms with Crippen molar-refractivity contribution in [2.75, 3.05) is 38.1 Å². The number of para-hydroxylation sites is 1. The van der Waals surface area contributed by atoms with E-state index in [1.807, 2.05) is 20.0 Å². The van der Waals surface area contributed by atoms with E-state index in [1.165, 1.54) is 5.69 Å². The Morgan fingerprint density at radius 1 is 1.32 bits per heavy atom. The first-order chi connectivity index (χ1) is 9.70. The van der Waals surface area contributed by atoms with Gasteiger partial charge in [-0.25, -0.2) is 0 Å². The van der Waals surface area contributed by atoms with Gasteiger partial charge in [0.05, 0.1) is 0 Å². The van der Waals surface area contributed by atoms with Crippen LogP contribution >= 0.6 is 24.8 Å². The maximum absolute atomic E-state index is 11.9. The summed E-state index contributed by atoms with van der Waals surface area (Å²) < 4.78 is 0. The van der Waals surface area contributed by atoms with Gasteiger partial charge in [-0.15, -0.1) is 24.8 Å². The van der Waals surface area contributed by atoms with E-state index in [-0.39, 0.29) is 36.6 Å². The lowest BCUT2D eigenvalue weighted by Crippen LogP contribution is -2.37. The molecule has 0 radical (unpaired) electrons. The minimum absolute atomic E-state index is 0. The van der Waals surface area contributed by atoms with Crippen molar-refractivity contribution in [1.29, 1.82) is 0 Å². The number of nitrogens with one attached hydrogen (secondary N) is 2. The summed E-state index contributed by atoms with van der Waals surface area (Å²) >= 11 is 0. The molecule has 6 heteroatoms. The van der Waals surface area contributed by atoms with Gasteiger partial charge in [0.1, 0.15) is 0 Å². The molecule has 0 spiro atoms. The number of hydrogen-bond donors (Lipinski definition) is 2. The van der Waals surface area contributed by atoms with Gasteiger partial charge in [-0.1, -0.05) is 25.1 Å². The number of benzene rings is 1. The molecule has 126 valence electrons. The monoisotopic (exact) mass is 347 g/mol. The topological polar surface area (TPSA) is 44.4 Å². The van der Waals surface area contributed by atoms with Crippen LogP contribution in [0.5, 0.6) is 0 Å². The summed E-state index contributed by atoms with van der Waals surface area (Å²) in [5.41, 5.74) is 1.28. The molecule has 0 aliphatic carbocycles. The second-order valence-electron chi connectivity index (χ2n) is 5.64. The highest BCUT2D eigenvalue weighted by Crippen LogP contribution is 2.22. The largest absolute Gasteiger partial charge is 0.371 e. The van der Waals surface area contributed by atoms with E-state index in [0.29, 0.717) is 5.92 Å². The molecule has 2 unspecified atom stereocenters. The Labute approximate surface area is 145 Å². The van der Waals surface area contributed by atoms with Gasteiger partial charge >= 0.3 is 0 Å². The summed E-state index contributed by atoms with van der Waals surface area (Å²) in [5.74, 6) is 0.741. The lowest BCUT2D eigenvalue weighted by molar-refractivity contribution is -0.124. The first kappa shape index (κ1) is 21.0. The molecule has 1 aromatic rings. The molecule has 1 aliphatic rings. The standard InChI is InChI=1S/C16H25N3O.2ClH/c1-13(10-17-2)16(20)18-11-14-8-9-19(12-14)15-6-4-3-5-7-15;;/h3-7,13-14,17H,8-12H2,1-2H3,(H,18,20);2*1H. The van der Waals surface area contributed by atoms with E-state index in [9.17, 15) is 4.79 Å². The van der Waals surface area contributed by atoms with Gasteiger partial charge in [0.2, 0.25) is 5.91 Å². The highest BCUT2D eigenvalue weighted by Gasteiger charge is 2.23. The molecular formula is C16H27Cl2N3O. The molecule has 4 nitrogen and oxygen atoms in total. The Hall–Kier alpha value is -0.970. The average molecular weight is 348 g/mol. The fraction of sp³-hybridized carbons (Fsp3) is 0.562. The quantitative estimate of drug-likeness (QED) is 0.829. The molecular weight excluding hydrogens is 321 g/mol. The molecule has 1 aliphatic heterocycles. The molecule has 1 aromatic carbocycles. The van der Waals surface area contributed by atoms with E-state index in [1.54, 1.807) is 0 Å². The van der Waals surface area contributed by atoms with Gasteiger partial charge < -0.3 is 15.5 Å². The second-order valence-corrected chi connectivity index (χ2v) is 5.64. The van der Waals surface area contributed by atoms with E-state index in [0.717, 1.165) is 32.6 Å². The van der Waals surface area contributed by atoms with E-state index in [4.69, 9.17) is 0 Å². The highest BCUT2D eigenvalue weighted by molar-refractivity contribution is 5.85. The van der Waals surface area contributed by atoms with Gasteiger partial charge in [0.25, 0.3) is 0 Å². The molecule has 22 heavy (non-hydrogen) atoms. The molecule has 2 N–H and O–H groups in total. The third kappa shape index (κ3) is 6.03. The molecule has 1 fully saturated rings. The number of carbonyl (C=O) groups is 1. The molecule has 2 atom stereocenters. The minimum atomic E-state index is 0. The maximum atomic E-state index is 11.9. The van der Waals surface area contributed by atoms with Gasteiger partial charge in [0.15, 0.2) is 0 Å². The Kier molecular flexibility index (Phi) is 10.2. The average Bonchev–Trinajstić information content (AvgIpc) is 2.95. The highest BCUT2D eigenvalue weighted by atomic mass is 35.5. The molecule has 0 saturated carbocycles. The van der Waals surface area contributed by atoms with Crippen LogP contribution in [-0.4, -0.2) is 39.1 Å². The van der Waals surface area contributed by atoms with Crippen molar-refractivity contribution in [1.82, 2.24) is 10.6 Å². The van der Waals surface area contributed by atoms with Crippen LogP contribution in [0.3, 0.4) is 0 Å². The van der Waals surface area contributed by atoms with Crippen LogP contribution in [0.1, 0.15) is 13.3 Å². The van der Waals surface area contributed by atoms with Crippen molar-refractivity contribution >= 4 is 36.4 Å². The van der Waals surface area contributed by atoms with Crippen molar-refractivity contribution in [2.45, 2.75) is 13.3 Å². The summed E-state index contributed by atoms with van der Waals surface area (Å²) in [6.07, 6.45) is 1.15. The second kappa shape index (κ2) is 10.7. The van der Waals surface area contributed by atoms with E-state index < -0.39 is 0 Å². The van der Waals surface area contributed by atoms with Crippen LogP contribution in [0.2, 0.25) is 0 Å². The third-order valence-electron chi connectivity index (χ3n) is 3.93. The van der Waals surface area contributed by atoms with Crippen LogP contribution < -0.4 is 15.5 Å². The first-order valence-corrected chi connectivity index (χ1v) is 7.43. The van der Waals surface area contributed by atoms with Gasteiger partial charge in [-0.3, -0.25) is 4.79 Å². The Balaban J connectivity index is 0.00000220. The van der Waals surface area contributed by atoms with Gasteiger partial charge in [-0.05, 0) is 31.5 Å². The predicted octanol–water partition coefficient (Wildman–Crippen LogP) is 2.33. The van der Waals surface area contributed by atoms with Crippen LogP contribution in [0.25, 0.3) is 0 Å². The lowest BCUT2D eigenvalue weighted by Gasteiger charge is -2.19. The first-order valence-electron chi connectivity index (χ1n) is 7.43. The fourth-order valence-corrected chi connectivity index (χ4v) is 2.69. The van der Waals surface area contributed by atoms with Crippen molar-refractivity contribution < 1.29 is 4.79 Å². The molecule has 1 heterocycles. The summed E-state index contributed by atoms with van der Waals surface area (Å²) in [5, 5.41) is 6.11. The smallest absolute Gasteiger partial charge is 0.224 e. The van der Waals surface area contributed by atoms with Crippen molar-refractivity contribution in [3.63, 3.8) is 0 Å². The minimum Gasteiger partial charge on any atom is -0.371 e. The lowest BCUT2D eigenvalue weighted by atomic mass is 10.1. The van der Waals surface area contributed by atoms with Gasteiger partial charge in [0, 0.05) is 37.8 Å².